The minimum absolute atomic E-state index is 0.106. The summed E-state index contributed by atoms with van der Waals surface area (Å²) in [7, 11) is 2.75. The van der Waals surface area contributed by atoms with Crippen LogP contribution in [0.3, 0.4) is 0 Å². The maximum atomic E-state index is 12.7. The Labute approximate surface area is 253 Å². The van der Waals surface area contributed by atoms with Crippen molar-refractivity contribution >= 4 is 29.4 Å². The fourth-order valence-corrected chi connectivity index (χ4v) is 4.95. The molecule has 1 N–H and O–H groups in total. The Morgan fingerprint density at radius 1 is 1.09 bits per heavy atom. The molecular weight excluding hydrogens is 548 g/mol. The van der Waals surface area contributed by atoms with Crippen LogP contribution in [-0.2, 0) is 29.2 Å². The van der Waals surface area contributed by atoms with Gasteiger partial charge in [0.05, 0.1) is 32.0 Å². The summed E-state index contributed by atoms with van der Waals surface area (Å²) in [6, 6.07) is 15.4. The van der Waals surface area contributed by atoms with Crippen LogP contribution < -0.4 is 10.2 Å². The van der Waals surface area contributed by atoms with Crippen LogP contribution in [0, 0.1) is 36.5 Å². The first-order valence-corrected chi connectivity index (χ1v) is 13.8. The standard InChI is InChI=1S/C19H24N2O4.C11H13NO2.C3H3N/c1-13-7-8-14-15(11-13)21(17(23)25-18(2,3)4)12-19(14,9-6-10-20)16(22)24-5;1-7-3-4-8-9(11(13)14-2)6-12-10(8)5-7;1-2-3-4/h7-8,11H,6,9,12H2,1-5H3;3-5,9,12H,6H2,1-2H3;2H,1H2. The largest absolute Gasteiger partial charge is 0.468 e. The minimum atomic E-state index is -1.05. The summed E-state index contributed by atoms with van der Waals surface area (Å²) in [4.78, 5) is 38.2. The molecule has 1 amide bonds. The number of esters is 2. The van der Waals surface area contributed by atoms with E-state index in [-0.39, 0.29) is 31.3 Å². The molecule has 0 saturated carbocycles. The predicted molar refractivity (Wildman–Crippen MR) is 164 cm³/mol. The summed E-state index contributed by atoms with van der Waals surface area (Å²) in [5, 5.41) is 19.7. The molecule has 0 aliphatic carbocycles. The number of fused-ring (bicyclic) bond motifs is 2. The van der Waals surface area contributed by atoms with Crippen molar-refractivity contribution in [2.24, 2.45) is 0 Å². The molecule has 4 rings (SSSR count). The maximum Gasteiger partial charge on any atom is 0.414 e. The average Bonchev–Trinajstić information content (AvgIpc) is 3.54. The molecule has 10 heteroatoms. The molecule has 2 aliphatic rings. The molecule has 2 aliphatic heterocycles. The summed E-state index contributed by atoms with van der Waals surface area (Å²) in [5.41, 5.74) is 3.90. The first-order valence-electron chi connectivity index (χ1n) is 13.8. The smallest absolute Gasteiger partial charge is 0.414 e. The third kappa shape index (κ3) is 8.36. The van der Waals surface area contributed by atoms with Gasteiger partial charge in [-0.15, -0.1) is 0 Å². The zero-order valence-electron chi connectivity index (χ0n) is 25.9. The number of amides is 1. The predicted octanol–water partition coefficient (Wildman–Crippen LogP) is 5.84. The molecule has 2 atom stereocenters. The number of nitrogens with one attached hydrogen (secondary N) is 1. The van der Waals surface area contributed by atoms with Crippen LogP contribution in [0.1, 0.15) is 61.8 Å². The molecule has 0 radical (unpaired) electrons. The highest BCUT2D eigenvalue weighted by Gasteiger charge is 2.51. The molecule has 0 spiro atoms. The molecular formula is C33H40N4O6. The van der Waals surface area contributed by atoms with Crippen LogP contribution in [0.15, 0.2) is 49.1 Å². The number of hydrogen-bond acceptors (Lipinski definition) is 9. The molecule has 0 bridgehead atoms. The second-order valence-corrected chi connectivity index (χ2v) is 11.2. The number of hydrogen-bond donors (Lipinski definition) is 1. The van der Waals surface area contributed by atoms with E-state index in [4.69, 9.17) is 24.7 Å². The molecule has 2 aromatic rings. The normalized spacial score (nSPS) is 17.5. The zero-order chi connectivity index (χ0) is 32.4. The number of methoxy groups -OCH3 is 2. The summed E-state index contributed by atoms with van der Waals surface area (Å²) < 4.78 is 15.3. The quantitative estimate of drug-likeness (QED) is 0.265. The summed E-state index contributed by atoms with van der Waals surface area (Å²) in [6.45, 7) is 13.2. The van der Waals surface area contributed by atoms with Gasteiger partial charge in [-0.05, 0) is 75.4 Å². The van der Waals surface area contributed by atoms with Crippen LogP contribution in [-0.4, -0.2) is 50.9 Å². The van der Waals surface area contributed by atoms with Crippen molar-refractivity contribution in [3.8, 4) is 12.1 Å². The zero-order valence-corrected chi connectivity index (χ0v) is 25.9. The highest BCUT2D eigenvalue weighted by atomic mass is 16.6. The number of anilines is 2. The van der Waals surface area contributed by atoms with Crippen molar-refractivity contribution in [2.45, 2.75) is 64.4 Å². The number of aryl methyl sites for hydroxylation is 2. The number of benzene rings is 2. The fraction of sp³-hybridized carbons (Fsp3) is 0.424. The Kier molecular flexibility index (Phi) is 11.9. The summed E-state index contributed by atoms with van der Waals surface area (Å²) in [5.74, 6) is -0.755. The number of nitriles is 2. The number of ether oxygens (including phenoxy) is 3. The van der Waals surface area contributed by atoms with E-state index in [0.717, 1.165) is 16.8 Å². The van der Waals surface area contributed by atoms with Crippen LogP contribution in [0.2, 0.25) is 0 Å². The van der Waals surface area contributed by atoms with Gasteiger partial charge >= 0.3 is 18.0 Å². The molecule has 228 valence electrons. The van der Waals surface area contributed by atoms with E-state index in [1.807, 2.05) is 44.2 Å². The number of allylic oxidation sites excluding steroid dienone is 1. The highest BCUT2D eigenvalue weighted by molar-refractivity contribution is 5.98. The van der Waals surface area contributed by atoms with Crippen molar-refractivity contribution in [2.75, 3.05) is 37.5 Å². The van der Waals surface area contributed by atoms with E-state index in [9.17, 15) is 14.4 Å². The van der Waals surface area contributed by atoms with Gasteiger partial charge in [-0.1, -0.05) is 30.8 Å². The number of nitrogens with zero attached hydrogens (tertiary/aromatic N) is 3. The SMILES string of the molecule is C=CC#N.COC(=O)C1(CCC#N)CN(C(=O)OC(C)(C)C)c2cc(C)ccc21.COC(=O)C1CNc2cc(C)ccc21. The van der Waals surface area contributed by atoms with Gasteiger partial charge in [-0.25, -0.2) is 4.79 Å². The Morgan fingerprint density at radius 3 is 2.28 bits per heavy atom. The third-order valence-electron chi connectivity index (χ3n) is 6.90. The van der Waals surface area contributed by atoms with Gasteiger partial charge in [-0.2, -0.15) is 10.5 Å². The second kappa shape index (κ2) is 14.9. The van der Waals surface area contributed by atoms with E-state index in [0.29, 0.717) is 17.8 Å². The van der Waals surface area contributed by atoms with Crippen molar-refractivity contribution in [1.82, 2.24) is 0 Å². The number of carbonyl (C=O) groups excluding carboxylic acids is 3. The molecule has 10 nitrogen and oxygen atoms in total. The molecule has 2 unspecified atom stereocenters. The van der Waals surface area contributed by atoms with Gasteiger partial charge in [0.15, 0.2) is 0 Å². The lowest BCUT2D eigenvalue weighted by Crippen LogP contribution is -2.44. The lowest BCUT2D eigenvalue weighted by atomic mass is 9.78. The molecule has 0 fully saturated rings. The van der Waals surface area contributed by atoms with Gasteiger partial charge in [0.2, 0.25) is 0 Å². The molecule has 0 saturated heterocycles. The number of rotatable bonds is 4. The van der Waals surface area contributed by atoms with Gasteiger partial charge < -0.3 is 19.5 Å². The van der Waals surface area contributed by atoms with E-state index in [2.05, 4.69) is 24.0 Å². The third-order valence-corrected chi connectivity index (χ3v) is 6.90. The maximum absolute atomic E-state index is 12.7. The highest BCUT2D eigenvalue weighted by Crippen LogP contribution is 2.45. The van der Waals surface area contributed by atoms with Crippen LogP contribution in [0.5, 0.6) is 0 Å². The van der Waals surface area contributed by atoms with Crippen LogP contribution in [0.25, 0.3) is 0 Å². The minimum Gasteiger partial charge on any atom is -0.468 e. The van der Waals surface area contributed by atoms with Crippen molar-refractivity contribution in [3.05, 3.63) is 71.3 Å². The van der Waals surface area contributed by atoms with Crippen molar-refractivity contribution in [3.63, 3.8) is 0 Å². The first kappa shape index (κ1) is 34.4. The molecule has 2 aromatic carbocycles. The number of carbonyl (C=O) groups is 3. The molecule has 0 aromatic heterocycles. The summed E-state index contributed by atoms with van der Waals surface area (Å²) >= 11 is 0. The second-order valence-electron chi connectivity index (χ2n) is 11.2. The van der Waals surface area contributed by atoms with Crippen molar-refractivity contribution in [1.29, 1.82) is 10.5 Å². The monoisotopic (exact) mass is 588 g/mol. The summed E-state index contributed by atoms with van der Waals surface area (Å²) in [6.07, 6.45) is 1.14. The molecule has 43 heavy (non-hydrogen) atoms. The van der Waals surface area contributed by atoms with Crippen LogP contribution >= 0.6 is 0 Å². The van der Waals surface area contributed by atoms with Crippen LogP contribution in [0.4, 0.5) is 16.2 Å². The van der Waals surface area contributed by atoms with E-state index in [1.165, 1.54) is 30.8 Å². The fourth-order valence-electron chi connectivity index (χ4n) is 4.95. The van der Waals surface area contributed by atoms with Gasteiger partial charge in [0.1, 0.15) is 16.9 Å². The Morgan fingerprint density at radius 2 is 1.72 bits per heavy atom. The van der Waals surface area contributed by atoms with E-state index < -0.39 is 23.1 Å². The van der Waals surface area contributed by atoms with Gasteiger partial charge in [-0.3, -0.25) is 14.5 Å². The van der Waals surface area contributed by atoms with E-state index in [1.54, 1.807) is 26.8 Å². The lowest BCUT2D eigenvalue weighted by Gasteiger charge is -2.28. The van der Waals surface area contributed by atoms with Gasteiger partial charge in [0.25, 0.3) is 0 Å². The van der Waals surface area contributed by atoms with E-state index >= 15 is 0 Å². The molecule has 2 heterocycles. The van der Waals surface area contributed by atoms with Gasteiger partial charge in [0, 0.05) is 31.3 Å². The Hall–Kier alpha value is -4.83. The topological polar surface area (TPSA) is 142 Å². The van der Waals surface area contributed by atoms with Crippen molar-refractivity contribution < 1.29 is 28.6 Å². The lowest BCUT2D eigenvalue weighted by molar-refractivity contribution is -0.147. The Balaban J connectivity index is 0.000000299. The average molecular weight is 589 g/mol. The Bertz CT molecular complexity index is 1430. The first-order chi connectivity index (χ1) is 20.3.